The lowest BCUT2D eigenvalue weighted by Crippen LogP contribution is -2.45. The average Bonchev–Trinajstić information content (AvgIpc) is 2.99. The summed E-state index contributed by atoms with van der Waals surface area (Å²) in [6, 6.07) is 0. The minimum absolute atomic E-state index is 0.120. The molecule has 2 atom stereocenters. The van der Waals surface area contributed by atoms with Gasteiger partial charge >= 0.3 is 0 Å². The van der Waals surface area contributed by atoms with Crippen LogP contribution in [0.15, 0.2) is 0 Å². The molecule has 2 N–H and O–H groups in total. The van der Waals surface area contributed by atoms with Crippen LogP contribution in [0.25, 0.3) is 0 Å². The second-order valence-corrected chi connectivity index (χ2v) is 5.85. The second kappa shape index (κ2) is 4.74. The molecule has 0 aromatic rings. The van der Waals surface area contributed by atoms with Gasteiger partial charge in [-0.1, -0.05) is 19.8 Å². The summed E-state index contributed by atoms with van der Waals surface area (Å²) >= 11 is 0. The normalized spacial score (nSPS) is 34.8. The summed E-state index contributed by atoms with van der Waals surface area (Å²) in [6.07, 6.45) is 7.02. The summed E-state index contributed by atoms with van der Waals surface area (Å²) in [7, 11) is 0. The lowest BCUT2D eigenvalue weighted by molar-refractivity contribution is -0.123. The smallest absolute Gasteiger partial charge is 0.220 e. The minimum atomic E-state index is -0.642. The van der Waals surface area contributed by atoms with Gasteiger partial charge in [0.15, 0.2) is 0 Å². The third-order valence-corrected chi connectivity index (χ3v) is 3.85. The molecule has 0 aliphatic heterocycles. The highest BCUT2D eigenvalue weighted by molar-refractivity contribution is 5.76. The first-order valence-electron chi connectivity index (χ1n) is 6.56. The Morgan fingerprint density at radius 2 is 2.19 bits per heavy atom. The summed E-state index contributed by atoms with van der Waals surface area (Å²) in [4.78, 5) is 11.5. The van der Waals surface area contributed by atoms with E-state index in [1.807, 2.05) is 0 Å². The zero-order valence-electron chi connectivity index (χ0n) is 10.2. The maximum Gasteiger partial charge on any atom is 0.220 e. The second-order valence-electron chi connectivity index (χ2n) is 5.85. The van der Waals surface area contributed by atoms with E-state index in [9.17, 15) is 9.90 Å². The molecular weight excluding hydrogens is 202 g/mol. The Morgan fingerprint density at radius 3 is 2.81 bits per heavy atom. The van der Waals surface area contributed by atoms with E-state index in [1.54, 1.807) is 0 Å². The fourth-order valence-corrected chi connectivity index (χ4v) is 2.71. The van der Waals surface area contributed by atoms with Gasteiger partial charge in [-0.05, 0) is 37.5 Å². The molecule has 16 heavy (non-hydrogen) atoms. The summed E-state index contributed by atoms with van der Waals surface area (Å²) in [5.41, 5.74) is -0.642. The molecule has 0 aromatic carbocycles. The molecule has 1 amide bonds. The van der Waals surface area contributed by atoms with Gasteiger partial charge < -0.3 is 10.4 Å². The SMILES string of the molecule is CC1CCCC(O)(CNC(=O)CC2CC2)C1. The van der Waals surface area contributed by atoms with Crippen molar-refractivity contribution in [3.8, 4) is 0 Å². The summed E-state index contributed by atoms with van der Waals surface area (Å²) < 4.78 is 0. The van der Waals surface area contributed by atoms with Crippen LogP contribution in [-0.4, -0.2) is 23.2 Å². The van der Waals surface area contributed by atoms with Gasteiger partial charge in [0.2, 0.25) is 5.91 Å². The summed E-state index contributed by atoms with van der Waals surface area (Å²) in [5, 5.41) is 13.2. The Hall–Kier alpha value is -0.570. The maximum atomic E-state index is 11.5. The third kappa shape index (κ3) is 3.48. The van der Waals surface area contributed by atoms with E-state index in [0.717, 1.165) is 19.3 Å². The number of aliphatic hydroxyl groups is 1. The van der Waals surface area contributed by atoms with Gasteiger partial charge in [-0.2, -0.15) is 0 Å². The van der Waals surface area contributed by atoms with Gasteiger partial charge in [-0.3, -0.25) is 4.79 Å². The molecular formula is C13H23NO2. The van der Waals surface area contributed by atoms with Crippen molar-refractivity contribution in [2.75, 3.05) is 6.54 Å². The van der Waals surface area contributed by atoms with Crippen LogP contribution in [0.4, 0.5) is 0 Å². The first-order chi connectivity index (χ1) is 7.57. The first-order valence-corrected chi connectivity index (χ1v) is 6.56. The number of hydrogen-bond acceptors (Lipinski definition) is 2. The fourth-order valence-electron chi connectivity index (χ4n) is 2.71. The number of amides is 1. The van der Waals surface area contributed by atoms with Crippen LogP contribution in [0.2, 0.25) is 0 Å². The van der Waals surface area contributed by atoms with Crippen molar-refractivity contribution in [3.63, 3.8) is 0 Å². The highest BCUT2D eigenvalue weighted by Crippen LogP contribution is 2.33. The molecule has 0 aromatic heterocycles. The molecule has 0 spiro atoms. The van der Waals surface area contributed by atoms with Crippen LogP contribution < -0.4 is 5.32 Å². The van der Waals surface area contributed by atoms with E-state index in [2.05, 4.69) is 12.2 Å². The van der Waals surface area contributed by atoms with Crippen LogP contribution in [0.5, 0.6) is 0 Å². The molecule has 2 fully saturated rings. The molecule has 2 aliphatic rings. The van der Waals surface area contributed by atoms with Crippen LogP contribution in [0, 0.1) is 11.8 Å². The van der Waals surface area contributed by atoms with E-state index >= 15 is 0 Å². The molecule has 0 heterocycles. The third-order valence-electron chi connectivity index (χ3n) is 3.85. The van der Waals surface area contributed by atoms with Gasteiger partial charge in [0, 0.05) is 13.0 Å². The van der Waals surface area contributed by atoms with Crippen molar-refractivity contribution in [2.45, 2.75) is 57.5 Å². The van der Waals surface area contributed by atoms with Crippen molar-refractivity contribution in [1.82, 2.24) is 5.32 Å². The Kier molecular flexibility index (Phi) is 3.53. The van der Waals surface area contributed by atoms with Crippen LogP contribution >= 0.6 is 0 Å². The molecule has 2 saturated carbocycles. The lowest BCUT2D eigenvalue weighted by Gasteiger charge is -2.35. The fraction of sp³-hybridized carbons (Fsp3) is 0.923. The standard InChI is InChI=1S/C13H23NO2/c1-10-3-2-6-13(16,8-10)9-14-12(15)7-11-4-5-11/h10-11,16H,2-9H2,1H3,(H,14,15). The van der Waals surface area contributed by atoms with Crippen molar-refractivity contribution >= 4 is 5.91 Å². The molecule has 2 rings (SSSR count). The van der Waals surface area contributed by atoms with E-state index in [4.69, 9.17) is 0 Å². The molecule has 2 aliphatic carbocycles. The van der Waals surface area contributed by atoms with Crippen molar-refractivity contribution in [1.29, 1.82) is 0 Å². The van der Waals surface area contributed by atoms with Crippen molar-refractivity contribution in [3.05, 3.63) is 0 Å². The number of hydrogen-bond donors (Lipinski definition) is 2. The Bertz CT molecular complexity index is 263. The van der Waals surface area contributed by atoms with Gasteiger partial charge in [-0.25, -0.2) is 0 Å². The first kappa shape index (κ1) is 11.9. The van der Waals surface area contributed by atoms with Crippen LogP contribution in [-0.2, 0) is 4.79 Å². The summed E-state index contributed by atoms with van der Waals surface area (Å²) in [5.74, 6) is 1.33. The quantitative estimate of drug-likeness (QED) is 0.767. The molecule has 0 saturated heterocycles. The lowest BCUT2D eigenvalue weighted by atomic mass is 9.79. The summed E-state index contributed by atoms with van der Waals surface area (Å²) in [6.45, 7) is 2.62. The molecule has 0 bridgehead atoms. The zero-order chi connectivity index (χ0) is 11.6. The number of nitrogens with one attached hydrogen (secondary N) is 1. The number of carbonyl (C=O) groups excluding carboxylic acids is 1. The Morgan fingerprint density at radius 1 is 1.44 bits per heavy atom. The van der Waals surface area contributed by atoms with E-state index < -0.39 is 5.60 Å². The average molecular weight is 225 g/mol. The molecule has 3 heteroatoms. The Balaban J connectivity index is 1.72. The molecule has 2 unspecified atom stereocenters. The molecule has 92 valence electrons. The van der Waals surface area contributed by atoms with Crippen molar-refractivity contribution in [2.24, 2.45) is 11.8 Å². The monoisotopic (exact) mass is 225 g/mol. The highest BCUT2D eigenvalue weighted by atomic mass is 16.3. The van der Waals surface area contributed by atoms with E-state index in [0.29, 0.717) is 24.8 Å². The maximum absolute atomic E-state index is 11.5. The van der Waals surface area contributed by atoms with Gasteiger partial charge in [0.25, 0.3) is 0 Å². The predicted octanol–water partition coefficient (Wildman–Crippen LogP) is 1.84. The Labute approximate surface area is 97.6 Å². The zero-order valence-corrected chi connectivity index (χ0v) is 10.2. The largest absolute Gasteiger partial charge is 0.388 e. The van der Waals surface area contributed by atoms with Crippen LogP contribution in [0.3, 0.4) is 0 Å². The molecule has 0 radical (unpaired) electrons. The van der Waals surface area contributed by atoms with Crippen molar-refractivity contribution < 1.29 is 9.90 Å². The minimum Gasteiger partial charge on any atom is -0.388 e. The topological polar surface area (TPSA) is 49.3 Å². The number of carbonyl (C=O) groups is 1. The van der Waals surface area contributed by atoms with E-state index in [-0.39, 0.29) is 5.91 Å². The number of rotatable bonds is 4. The van der Waals surface area contributed by atoms with Gasteiger partial charge in [-0.15, -0.1) is 0 Å². The predicted molar refractivity (Wildman–Crippen MR) is 62.9 cm³/mol. The van der Waals surface area contributed by atoms with Crippen LogP contribution in [0.1, 0.15) is 51.9 Å². The highest BCUT2D eigenvalue weighted by Gasteiger charge is 2.33. The van der Waals surface area contributed by atoms with Gasteiger partial charge in [0.1, 0.15) is 0 Å². The molecule has 3 nitrogen and oxygen atoms in total. The van der Waals surface area contributed by atoms with Gasteiger partial charge in [0.05, 0.1) is 5.60 Å². The van der Waals surface area contributed by atoms with E-state index in [1.165, 1.54) is 19.3 Å².